The minimum Gasteiger partial charge on any atom is -0.496 e. The van der Waals surface area contributed by atoms with Crippen LogP contribution in [0.5, 0.6) is 11.5 Å². The molecule has 4 rings (SSSR count). The lowest BCUT2D eigenvalue weighted by atomic mass is 9.84. The van der Waals surface area contributed by atoms with Gasteiger partial charge in [-0.1, -0.05) is 18.2 Å². The number of rotatable bonds is 2. The first kappa shape index (κ1) is 14.0. The fourth-order valence-electron chi connectivity index (χ4n) is 3.38. The van der Waals surface area contributed by atoms with E-state index in [-0.39, 0.29) is 5.92 Å². The molecule has 0 radical (unpaired) electrons. The Labute approximate surface area is 134 Å². The lowest BCUT2D eigenvalue weighted by Crippen LogP contribution is -2.52. The van der Waals surface area contributed by atoms with Crippen molar-refractivity contribution < 1.29 is 9.47 Å². The number of anilines is 2. The number of ether oxygens (including phenoxy) is 2. The normalized spacial score (nSPS) is 24.3. The van der Waals surface area contributed by atoms with E-state index in [1.54, 1.807) is 7.11 Å². The highest BCUT2D eigenvalue weighted by molar-refractivity contribution is 5.81. The zero-order chi connectivity index (χ0) is 16.0. The van der Waals surface area contributed by atoms with Gasteiger partial charge in [-0.25, -0.2) is 0 Å². The van der Waals surface area contributed by atoms with Gasteiger partial charge in [-0.2, -0.15) is 0 Å². The smallest absolute Gasteiger partial charge is 0.126 e. The topological polar surface area (TPSA) is 82.5 Å². The molecule has 2 aliphatic rings. The molecule has 0 aromatic heterocycles. The Bertz CT molecular complexity index is 803. The van der Waals surface area contributed by atoms with Gasteiger partial charge in [0.05, 0.1) is 19.6 Å². The van der Waals surface area contributed by atoms with E-state index in [0.29, 0.717) is 6.61 Å². The molecule has 23 heavy (non-hydrogen) atoms. The maximum atomic E-state index is 6.69. The van der Waals surface area contributed by atoms with Crippen LogP contribution in [0.2, 0.25) is 0 Å². The van der Waals surface area contributed by atoms with Crippen molar-refractivity contribution in [3.05, 3.63) is 53.6 Å². The van der Waals surface area contributed by atoms with Gasteiger partial charge in [-0.3, -0.25) is 0 Å². The molecule has 5 nitrogen and oxygen atoms in total. The standard InChI is InChI=1S/C18H19N3O2/c1-22-15-6-3-7-16-17(15)12(10-23-16)18(20)9-8-11-13(19)4-2-5-14(11)21-18/h2-9,12,21H,10,19-20H2,1H3. The summed E-state index contributed by atoms with van der Waals surface area (Å²) in [5, 5.41) is 3.42. The van der Waals surface area contributed by atoms with Gasteiger partial charge in [0.1, 0.15) is 17.2 Å². The molecule has 5 heteroatoms. The van der Waals surface area contributed by atoms with Crippen molar-refractivity contribution in [3.8, 4) is 11.5 Å². The van der Waals surface area contributed by atoms with Crippen LogP contribution in [0.15, 0.2) is 42.5 Å². The van der Waals surface area contributed by atoms with Crippen molar-refractivity contribution in [1.29, 1.82) is 0 Å². The molecule has 0 aliphatic carbocycles. The molecule has 0 amide bonds. The second-order valence-corrected chi connectivity index (χ2v) is 5.94. The third-order valence-corrected chi connectivity index (χ3v) is 4.59. The van der Waals surface area contributed by atoms with Gasteiger partial charge in [0.15, 0.2) is 0 Å². The molecule has 2 aromatic rings. The van der Waals surface area contributed by atoms with Gasteiger partial charge in [-0.05, 0) is 30.3 Å². The molecule has 0 spiro atoms. The Morgan fingerprint density at radius 1 is 1.26 bits per heavy atom. The molecular formula is C18H19N3O2. The molecule has 5 N–H and O–H groups in total. The van der Waals surface area contributed by atoms with Crippen LogP contribution in [0.25, 0.3) is 6.08 Å². The Morgan fingerprint density at radius 3 is 2.91 bits per heavy atom. The summed E-state index contributed by atoms with van der Waals surface area (Å²) in [6.45, 7) is 0.501. The molecule has 2 heterocycles. The van der Waals surface area contributed by atoms with E-state index in [4.69, 9.17) is 20.9 Å². The van der Waals surface area contributed by atoms with Crippen LogP contribution >= 0.6 is 0 Å². The van der Waals surface area contributed by atoms with E-state index in [0.717, 1.165) is 34.0 Å². The summed E-state index contributed by atoms with van der Waals surface area (Å²) in [7, 11) is 1.66. The number of nitrogens with one attached hydrogen (secondary N) is 1. The first-order valence-corrected chi connectivity index (χ1v) is 7.57. The summed E-state index contributed by atoms with van der Waals surface area (Å²) in [6.07, 6.45) is 3.94. The minimum atomic E-state index is -0.763. The third kappa shape index (κ3) is 2.04. The first-order chi connectivity index (χ1) is 11.1. The van der Waals surface area contributed by atoms with Crippen LogP contribution in [0, 0.1) is 0 Å². The van der Waals surface area contributed by atoms with Crippen LogP contribution in [0.4, 0.5) is 11.4 Å². The van der Waals surface area contributed by atoms with Gasteiger partial charge >= 0.3 is 0 Å². The lowest BCUT2D eigenvalue weighted by Gasteiger charge is -2.37. The van der Waals surface area contributed by atoms with Crippen molar-refractivity contribution in [3.63, 3.8) is 0 Å². The Kier molecular flexibility index (Phi) is 2.99. The number of fused-ring (bicyclic) bond motifs is 2. The number of methoxy groups -OCH3 is 1. The van der Waals surface area contributed by atoms with Crippen LogP contribution in [0.3, 0.4) is 0 Å². The summed E-state index contributed by atoms with van der Waals surface area (Å²) < 4.78 is 11.3. The van der Waals surface area contributed by atoms with Crippen LogP contribution in [-0.4, -0.2) is 19.4 Å². The SMILES string of the molecule is COc1cccc2c1C(C1(N)C=Cc3c(N)cccc3N1)CO2. The maximum absolute atomic E-state index is 6.69. The second kappa shape index (κ2) is 4.93. The zero-order valence-electron chi connectivity index (χ0n) is 12.9. The van der Waals surface area contributed by atoms with Crippen molar-refractivity contribution >= 4 is 17.5 Å². The Hall–Kier alpha value is -2.66. The molecule has 0 saturated heterocycles. The molecule has 2 unspecified atom stereocenters. The van der Waals surface area contributed by atoms with E-state index in [1.807, 2.05) is 48.6 Å². The zero-order valence-corrected chi connectivity index (χ0v) is 12.9. The quantitative estimate of drug-likeness (QED) is 0.743. The van der Waals surface area contributed by atoms with Gasteiger partial charge in [0.25, 0.3) is 0 Å². The van der Waals surface area contributed by atoms with Crippen molar-refractivity contribution in [2.45, 2.75) is 11.6 Å². The summed E-state index contributed by atoms with van der Waals surface area (Å²) in [6, 6.07) is 11.6. The lowest BCUT2D eigenvalue weighted by molar-refractivity contribution is 0.299. The predicted octanol–water partition coefficient (Wildman–Crippen LogP) is 2.55. The Balaban J connectivity index is 1.77. The van der Waals surface area contributed by atoms with Gasteiger partial charge in [0.2, 0.25) is 0 Å². The van der Waals surface area contributed by atoms with Crippen LogP contribution in [0.1, 0.15) is 17.0 Å². The number of nitrogens with two attached hydrogens (primary N) is 2. The number of benzene rings is 2. The molecule has 2 aromatic carbocycles. The average Bonchev–Trinajstić information content (AvgIpc) is 2.99. The summed E-state index contributed by atoms with van der Waals surface area (Å²) >= 11 is 0. The minimum absolute atomic E-state index is 0.0560. The Morgan fingerprint density at radius 2 is 2.09 bits per heavy atom. The summed E-state index contributed by atoms with van der Waals surface area (Å²) in [4.78, 5) is 0. The number of nitrogen functional groups attached to an aromatic ring is 1. The van der Waals surface area contributed by atoms with Crippen LogP contribution in [-0.2, 0) is 0 Å². The summed E-state index contributed by atoms with van der Waals surface area (Å²) in [5.74, 6) is 1.57. The van der Waals surface area contributed by atoms with Gasteiger partial charge < -0.3 is 26.3 Å². The summed E-state index contributed by atoms with van der Waals surface area (Å²) in [5.41, 5.74) is 15.6. The molecule has 0 saturated carbocycles. The fourth-order valence-corrected chi connectivity index (χ4v) is 3.38. The van der Waals surface area contributed by atoms with Gasteiger partial charge in [0, 0.05) is 22.5 Å². The third-order valence-electron chi connectivity index (χ3n) is 4.59. The van der Waals surface area contributed by atoms with E-state index in [1.165, 1.54) is 0 Å². The first-order valence-electron chi connectivity index (χ1n) is 7.57. The molecule has 2 atom stereocenters. The van der Waals surface area contributed by atoms with E-state index in [2.05, 4.69) is 5.32 Å². The van der Waals surface area contributed by atoms with Gasteiger partial charge in [-0.15, -0.1) is 0 Å². The maximum Gasteiger partial charge on any atom is 0.126 e. The molecule has 118 valence electrons. The monoisotopic (exact) mass is 309 g/mol. The highest BCUT2D eigenvalue weighted by Gasteiger charge is 2.43. The average molecular weight is 309 g/mol. The molecule has 0 bridgehead atoms. The van der Waals surface area contributed by atoms with Crippen molar-refractivity contribution in [2.75, 3.05) is 24.8 Å². The van der Waals surface area contributed by atoms with Crippen LogP contribution < -0.4 is 26.3 Å². The van der Waals surface area contributed by atoms with E-state index >= 15 is 0 Å². The van der Waals surface area contributed by atoms with E-state index < -0.39 is 5.66 Å². The second-order valence-electron chi connectivity index (χ2n) is 5.94. The van der Waals surface area contributed by atoms with Crippen molar-refractivity contribution in [1.82, 2.24) is 0 Å². The predicted molar refractivity (Wildman–Crippen MR) is 91.7 cm³/mol. The highest BCUT2D eigenvalue weighted by Crippen LogP contribution is 2.46. The largest absolute Gasteiger partial charge is 0.496 e. The highest BCUT2D eigenvalue weighted by atomic mass is 16.5. The van der Waals surface area contributed by atoms with E-state index in [9.17, 15) is 0 Å². The fraction of sp³-hybridized carbons (Fsp3) is 0.222. The number of hydrogen-bond donors (Lipinski definition) is 3. The molecular weight excluding hydrogens is 290 g/mol. The number of hydrogen-bond acceptors (Lipinski definition) is 5. The van der Waals surface area contributed by atoms with Crippen molar-refractivity contribution in [2.24, 2.45) is 5.73 Å². The molecule has 0 fully saturated rings. The molecule has 2 aliphatic heterocycles.